The first-order valence-electron chi connectivity index (χ1n) is 4.27. The molecule has 2 heterocycles. The van der Waals surface area contributed by atoms with Gasteiger partial charge in [0.2, 0.25) is 0 Å². The second kappa shape index (κ2) is 4.32. The van der Waals surface area contributed by atoms with Gasteiger partial charge in [-0.3, -0.25) is 4.68 Å². The summed E-state index contributed by atoms with van der Waals surface area (Å²) in [6.07, 6.45) is 3.35. The first-order chi connectivity index (χ1) is 7.18. The van der Waals surface area contributed by atoms with Crippen LogP contribution >= 0.6 is 27.7 Å². The highest BCUT2D eigenvalue weighted by atomic mass is 79.9. The topological polar surface area (TPSA) is 43.6 Å². The van der Waals surface area contributed by atoms with Crippen molar-refractivity contribution in [3.05, 3.63) is 23.6 Å². The van der Waals surface area contributed by atoms with E-state index in [2.05, 4.69) is 37.6 Å². The maximum Gasteiger partial charge on any atom is 0.162 e. The van der Waals surface area contributed by atoms with Gasteiger partial charge in [-0.05, 0) is 4.48 Å². The molecule has 0 aromatic carbocycles. The Bertz CT molecular complexity index is 508. The fourth-order valence-electron chi connectivity index (χ4n) is 1.20. The molecule has 4 nitrogen and oxygen atoms in total. The van der Waals surface area contributed by atoms with E-state index >= 15 is 0 Å². The number of nitrogens with zero attached hydrogens (tertiary/aromatic N) is 4. The molecule has 0 radical (unpaired) electrons. The predicted octanol–water partition coefficient (Wildman–Crippen LogP) is 2.36. The number of hydrogen-bond acceptors (Lipinski definition) is 4. The molecule has 0 atom stereocenters. The predicted molar refractivity (Wildman–Crippen MR) is 65.1 cm³/mol. The lowest BCUT2D eigenvalue weighted by Crippen LogP contribution is -1.92. The maximum absolute atomic E-state index is 4.23. The Balaban J connectivity index is 2.38. The minimum atomic E-state index is 0.793. The highest BCUT2D eigenvalue weighted by molar-refractivity contribution is 9.11. The molecule has 0 aliphatic heterocycles. The van der Waals surface area contributed by atoms with Crippen LogP contribution in [0.5, 0.6) is 0 Å². The summed E-state index contributed by atoms with van der Waals surface area (Å²) in [4.78, 5) is 8.40. The zero-order chi connectivity index (χ0) is 10.8. The van der Waals surface area contributed by atoms with Crippen LogP contribution in [-0.4, -0.2) is 25.5 Å². The molecule has 0 amide bonds. The fraction of sp³-hybridized carbons (Fsp3) is 0.222. The zero-order valence-electron chi connectivity index (χ0n) is 8.14. The van der Waals surface area contributed by atoms with Crippen LogP contribution in [0.25, 0.3) is 11.0 Å². The molecule has 15 heavy (non-hydrogen) atoms. The van der Waals surface area contributed by atoms with E-state index in [-0.39, 0.29) is 0 Å². The van der Waals surface area contributed by atoms with Crippen LogP contribution in [-0.2, 0) is 7.05 Å². The summed E-state index contributed by atoms with van der Waals surface area (Å²) in [5.41, 5.74) is 0.854. The third kappa shape index (κ3) is 2.21. The van der Waals surface area contributed by atoms with Gasteiger partial charge < -0.3 is 0 Å². The number of hydrogen-bond donors (Lipinski definition) is 0. The molecule has 0 fully saturated rings. The second-order valence-corrected chi connectivity index (χ2v) is 5.08. The highest BCUT2D eigenvalue weighted by Gasteiger charge is 2.07. The van der Waals surface area contributed by atoms with Crippen molar-refractivity contribution in [2.45, 2.75) is 5.03 Å². The van der Waals surface area contributed by atoms with Gasteiger partial charge in [0.25, 0.3) is 0 Å². The van der Waals surface area contributed by atoms with Gasteiger partial charge >= 0.3 is 0 Å². The van der Waals surface area contributed by atoms with Gasteiger partial charge in [-0.25, -0.2) is 9.97 Å². The Hall–Kier alpha value is -0.880. The minimum absolute atomic E-state index is 0.793. The van der Waals surface area contributed by atoms with Crippen molar-refractivity contribution in [2.75, 3.05) is 5.75 Å². The molecule has 2 aromatic heterocycles. The van der Waals surface area contributed by atoms with Crippen molar-refractivity contribution >= 4 is 38.7 Å². The standard InChI is InChI=1S/C9H9BrN4S/c1-6(10)4-15-9-7-3-13-14(2)8(7)11-5-12-9/h3,5H,1,4H2,2H3. The van der Waals surface area contributed by atoms with E-state index in [1.807, 2.05) is 7.05 Å². The van der Waals surface area contributed by atoms with Crippen LogP contribution in [0, 0.1) is 0 Å². The second-order valence-electron chi connectivity index (χ2n) is 2.99. The van der Waals surface area contributed by atoms with Crippen molar-refractivity contribution in [1.82, 2.24) is 19.7 Å². The number of thioether (sulfide) groups is 1. The van der Waals surface area contributed by atoms with E-state index < -0.39 is 0 Å². The summed E-state index contributed by atoms with van der Waals surface area (Å²) < 4.78 is 2.69. The summed E-state index contributed by atoms with van der Waals surface area (Å²) >= 11 is 4.94. The number of aromatic nitrogens is 4. The minimum Gasteiger partial charge on any atom is -0.250 e. The summed E-state index contributed by atoms with van der Waals surface area (Å²) in [7, 11) is 1.87. The van der Waals surface area contributed by atoms with Gasteiger partial charge in [0.05, 0.1) is 11.6 Å². The lowest BCUT2D eigenvalue weighted by atomic mass is 10.4. The number of aryl methyl sites for hydroxylation is 1. The molecule has 2 aromatic rings. The zero-order valence-corrected chi connectivity index (χ0v) is 10.5. The van der Waals surface area contributed by atoms with E-state index in [9.17, 15) is 0 Å². The van der Waals surface area contributed by atoms with Crippen molar-refractivity contribution in [3.63, 3.8) is 0 Å². The molecule has 0 saturated carbocycles. The lowest BCUT2D eigenvalue weighted by molar-refractivity contribution is 0.784. The Morgan fingerprint density at radius 3 is 3.13 bits per heavy atom. The van der Waals surface area contributed by atoms with Crippen molar-refractivity contribution < 1.29 is 0 Å². The fourth-order valence-corrected chi connectivity index (χ4v) is 2.26. The Morgan fingerprint density at radius 1 is 1.60 bits per heavy atom. The number of halogens is 1. The molecule has 0 bridgehead atoms. The Labute approximate surface area is 99.9 Å². The van der Waals surface area contributed by atoms with E-state index in [1.54, 1.807) is 29.0 Å². The first-order valence-corrected chi connectivity index (χ1v) is 6.05. The smallest absolute Gasteiger partial charge is 0.162 e. The van der Waals surface area contributed by atoms with E-state index in [1.165, 1.54) is 0 Å². The van der Waals surface area contributed by atoms with Crippen LogP contribution < -0.4 is 0 Å². The van der Waals surface area contributed by atoms with E-state index in [4.69, 9.17) is 0 Å². The molecule has 0 saturated heterocycles. The molecule has 78 valence electrons. The summed E-state index contributed by atoms with van der Waals surface area (Å²) in [6.45, 7) is 3.79. The SMILES string of the molecule is C=C(Br)CSc1ncnc2c1cnn2C. The van der Waals surface area contributed by atoms with Crippen LogP contribution in [0.3, 0.4) is 0 Å². The van der Waals surface area contributed by atoms with Gasteiger partial charge in [0.1, 0.15) is 11.4 Å². The lowest BCUT2D eigenvalue weighted by Gasteiger charge is -2.00. The summed E-state index contributed by atoms with van der Waals surface area (Å²) in [5, 5.41) is 6.07. The van der Waals surface area contributed by atoms with Crippen LogP contribution in [0.1, 0.15) is 0 Å². The molecule has 6 heteroatoms. The molecular formula is C9H9BrN4S. The molecule has 0 N–H and O–H groups in total. The molecule has 2 rings (SSSR count). The van der Waals surface area contributed by atoms with Gasteiger partial charge in [0.15, 0.2) is 5.65 Å². The normalized spacial score (nSPS) is 10.8. The average molecular weight is 285 g/mol. The molecule has 0 aliphatic carbocycles. The highest BCUT2D eigenvalue weighted by Crippen LogP contribution is 2.26. The van der Waals surface area contributed by atoms with Crippen LogP contribution in [0.2, 0.25) is 0 Å². The van der Waals surface area contributed by atoms with E-state index in [0.717, 1.165) is 26.3 Å². The first kappa shape index (κ1) is 10.6. The monoisotopic (exact) mass is 284 g/mol. The number of fused-ring (bicyclic) bond motifs is 1. The molecular weight excluding hydrogens is 276 g/mol. The largest absolute Gasteiger partial charge is 0.250 e. The number of rotatable bonds is 3. The van der Waals surface area contributed by atoms with Crippen molar-refractivity contribution in [1.29, 1.82) is 0 Å². The maximum atomic E-state index is 4.23. The molecule has 0 spiro atoms. The summed E-state index contributed by atoms with van der Waals surface area (Å²) in [6, 6.07) is 0. The van der Waals surface area contributed by atoms with Crippen molar-refractivity contribution in [2.24, 2.45) is 7.05 Å². The Kier molecular flexibility index (Phi) is 3.06. The van der Waals surface area contributed by atoms with Crippen LogP contribution in [0.4, 0.5) is 0 Å². The summed E-state index contributed by atoms with van der Waals surface area (Å²) in [5.74, 6) is 0.793. The van der Waals surface area contributed by atoms with Crippen LogP contribution in [0.15, 0.2) is 28.6 Å². The Morgan fingerprint density at radius 2 is 2.40 bits per heavy atom. The molecule has 0 unspecified atom stereocenters. The quantitative estimate of drug-likeness (QED) is 0.641. The van der Waals surface area contributed by atoms with Crippen molar-refractivity contribution in [3.8, 4) is 0 Å². The third-order valence-electron chi connectivity index (χ3n) is 1.86. The van der Waals surface area contributed by atoms with Gasteiger partial charge in [-0.15, -0.1) is 11.8 Å². The third-order valence-corrected chi connectivity index (χ3v) is 3.60. The molecule has 0 aliphatic rings. The van der Waals surface area contributed by atoms with Gasteiger partial charge in [-0.1, -0.05) is 22.5 Å². The van der Waals surface area contributed by atoms with E-state index in [0.29, 0.717) is 0 Å². The van der Waals surface area contributed by atoms with Gasteiger partial charge in [-0.2, -0.15) is 5.10 Å². The average Bonchev–Trinajstić information content (AvgIpc) is 2.58. The van der Waals surface area contributed by atoms with Gasteiger partial charge in [0, 0.05) is 12.8 Å².